The summed E-state index contributed by atoms with van der Waals surface area (Å²) in [5.74, 6) is 0.826. The van der Waals surface area contributed by atoms with Gasteiger partial charge in [0.25, 0.3) is 7.82 Å². The lowest BCUT2D eigenvalue weighted by Crippen LogP contribution is -2.47. The Balaban J connectivity index is 0.00000115. The molecule has 0 aliphatic heterocycles. The Hall–Kier alpha value is -0.950. The minimum absolute atomic E-state index is 0.126. The van der Waals surface area contributed by atoms with Crippen molar-refractivity contribution in [3.63, 3.8) is 0 Å². The summed E-state index contributed by atoms with van der Waals surface area (Å²) in [6.07, 6.45) is 14.7. The summed E-state index contributed by atoms with van der Waals surface area (Å²) in [4.78, 5) is 10.4. The van der Waals surface area contributed by atoms with Crippen molar-refractivity contribution in [1.29, 1.82) is 0 Å². The predicted molar refractivity (Wildman–Crippen MR) is 147 cm³/mol. The number of aliphatic hydroxyl groups is 1. The molecule has 0 bridgehead atoms. The normalized spacial score (nSPS) is 12.6. The van der Waals surface area contributed by atoms with Crippen molar-refractivity contribution < 1.29 is 32.8 Å². The lowest BCUT2D eigenvalue weighted by atomic mass is 10.1. The van der Waals surface area contributed by atoms with Crippen molar-refractivity contribution in [1.82, 2.24) is 0 Å². The number of phosphoric ester groups is 1. The second kappa shape index (κ2) is 22.1. The third-order valence-corrected chi connectivity index (χ3v) is 6.98. The molecule has 36 heavy (non-hydrogen) atoms. The average Bonchev–Trinajstić information content (AvgIpc) is 2.82. The molecule has 0 aliphatic carbocycles. The number of quaternary nitrogens is 1. The van der Waals surface area contributed by atoms with Crippen LogP contribution in [0.5, 0.6) is 5.75 Å². The van der Waals surface area contributed by atoms with Gasteiger partial charge >= 0.3 is 0 Å². The molecule has 212 valence electrons. The average molecular weight is 532 g/mol. The molecule has 1 N–H and O–H groups in total. The number of phosphoric acid groups is 1. The van der Waals surface area contributed by atoms with Crippen molar-refractivity contribution >= 4 is 7.82 Å². The van der Waals surface area contributed by atoms with Crippen LogP contribution in [-0.2, 0) is 13.6 Å². The van der Waals surface area contributed by atoms with E-state index >= 15 is 0 Å². The number of hydrogen-bond donors (Lipinski definition) is 1. The van der Waals surface area contributed by atoms with Crippen LogP contribution in [0.4, 0.5) is 0 Å². The summed E-state index contributed by atoms with van der Waals surface area (Å²) in [5.41, 5.74) is 0. The van der Waals surface area contributed by atoms with Gasteiger partial charge in [-0.3, -0.25) is 4.57 Å². The molecule has 7 nitrogen and oxygen atoms in total. The van der Waals surface area contributed by atoms with Crippen LogP contribution in [0.25, 0.3) is 0 Å². The Morgan fingerprint density at radius 3 is 1.78 bits per heavy atom. The minimum atomic E-state index is -3.94. The number of unbranched alkanes of at least 4 members (excludes halogenated alkanes) is 10. The molecule has 1 aromatic rings. The molecular formula is C28H54NO6P. The summed E-state index contributed by atoms with van der Waals surface area (Å²) in [6, 6.07) is 9.73. The fraction of sp³-hybridized carbons (Fsp3) is 0.786. The maximum atomic E-state index is 10.4. The van der Waals surface area contributed by atoms with Crippen LogP contribution in [0.1, 0.15) is 91.4 Å². The zero-order valence-electron chi connectivity index (χ0n) is 23.7. The minimum Gasteiger partial charge on any atom is -0.756 e. The molecular weight excluding hydrogens is 477 g/mol. The quantitative estimate of drug-likeness (QED) is 0.113. The first-order chi connectivity index (χ1) is 17.2. The summed E-state index contributed by atoms with van der Waals surface area (Å²) in [7, 11) is 0.478. The summed E-state index contributed by atoms with van der Waals surface area (Å²) in [6.45, 7) is 7.93. The van der Waals surface area contributed by atoms with E-state index < -0.39 is 13.9 Å². The summed E-state index contributed by atoms with van der Waals surface area (Å²) in [5, 5.41) is 10.3. The van der Waals surface area contributed by atoms with E-state index in [1.807, 2.05) is 30.3 Å². The number of benzene rings is 1. The summed E-state index contributed by atoms with van der Waals surface area (Å²) < 4.78 is 25.4. The molecule has 8 heteroatoms. The first kappa shape index (κ1) is 35.0. The van der Waals surface area contributed by atoms with E-state index in [0.717, 1.165) is 23.3 Å². The largest absolute Gasteiger partial charge is 0.756 e. The van der Waals surface area contributed by atoms with Crippen LogP contribution in [0, 0.1) is 0 Å². The molecule has 0 spiro atoms. The molecule has 0 radical (unpaired) electrons. The number of aliphatic hydroxyl groups excluding tert-OH is 1. The van der Waals surface area contributed by atoms with Gasteiger partial charge in [0.05, 0.1) is 33.9 Å². The number of para-hydroxylation sites is 1. The molecule has 0 saturated heterocycles. The van der Waals surface area contributed by atoms with Gasteiger partial charge in [-0.25, -0.2) is 0 Å². The van der Waals surface area contributed by atoms with Gasteiger partial charge in [0.2, 0.25) is 0 Å². The highest BCUT2D eigenvalue weighted by Crippen LogP contribution is 2.37. The fourth-order valence-electron chi connectivity index (χ4n) is 3.98. The third-order valence-electron chi connectivity index (χ3n) is 5.83. The number of nitrogens with zero attached hydrogens (tertiary/aromatic N) is 1. The fourth-order valence-corrected chi connectivity index (χ4v) is 4.69. The number of hydrogen-bond acceptors (Lipinski definition) is 6. The van der Waals surface area contributed by atoms with Crippen LogP contribution < -0.4 is 9.63 Å². The van der Waals surface area contributed by atoms with E-state index in [9.17, 15) is 14.6 Å². The molecule has 0 heterocycles. The predicted octanol–water partition coefficient (Wildman–Crippen LogP) is 6.34. The molecule has 0 saturated carbocycles. The maximum absolute atomic E-state index is 10.4. The van der Waals surface area contributed by atoms with Gasteiger partial charge in [-0.05, 0) is 38.8 Å². The maximum Gasteiger partial charge on any atom is 0.267 e. The van der Waals surface area contributed by atoms with Gasteiger partial charge in [-0.15, -0.1) is 0 Å². The van der Waals surface area contributed by atoms with Gasteiger partial charge < -0.3 is 28.3 Å². The first-order valence-corrected chi connectivity index (χ1v) is 15.4. The molecule has 1 atom stereocenters. The van der Waals surface area contributed by atoms with Gasteiger partial charge in [0.1, 0.15) is 25.0 Å². The SMILES string of the molecule is CCCCCCCCCCCCC[N+](C)(C)CC(O)COc1ccccc1.CCOP(=O)([O-])OCC. The molecule has 0 aromatic heterocycles. The third kappa shape index (κ3) is 22.3. The van der Waals surface area contributed by atoms with Crippen molar-refractivity contribution in [2.24, 2.45) is 0 Å². The van der Waals surface area contributed by atoms with Crippen LogP contribution >= 0.6 is 7.82 Å². The molecule has 0 fully saturated rings. The lowest BCUT2D eigenvalue weighted by molar-refractivity contribution is -0.893. The van der Waals surface area contributed by atoms with Gasteiger partial charge in [-0.2, -0.15) is 0 Å². The number of rotatable bonds is 21. The van der Waals surface area contributed by atoms with Crippen molar-refractivity contribution in [2.45, 2.75) is 97.5 Å². The van der Waals surface area contributed by atoms with E-state index in [2.05, 4.69) is 30.1 Å². The van der Waals surface area contributed by atoms with Crippen LogP contribution in [-0.4, -0.2) is 62.7 Å². The molecule has 1 unspecified atom stereocenters. The van der Waals surface area contributed by atoms with Crippen molar-refractivity contribution in [3.05, 3.63) is 30.3 Å². The molecule has 1 rings (SSSR count). The van der Waals surface area contributed by atoms with E-state index in [1.54, 1.807) is 13.8 Å². The van der Waals surface area contributed by atoms with Crippen LogP contribution in [0.2, 0.25) is 0 Å². The van der Waals surface area contributed by atoms with Crippen molar-refractivity contribution in [2.75, 3.05) is 47.0 Å². The summed E-state index contributed by atoms with van der Waals surface area (Å²) >= 11 is 0. The Morgan fingerprint density at radius 1 is 0.833 bits per heavy atom. The van der Waals surface area contributed by atoms with Gasteiger partial charge in [0.15, 0.2) is 0 Å². The zero-order valence-corrected chi connectivity index (χ0v) is 24.6. The van der Waals surface area contributed by atoms with Gasteiger partial charge in [-0.1, -0.05) is 82.9 Å². The van der Waals surface area contributed by atoms with Gasteiger partial charge in [0, 0.05) is 0 Å². The highest BCUT2D eigenvalue weighted by atomic mass is 31.2. The topological polar surface area (TPSA) is 88.0 Å². The van der Waals surface area contributed by atoms with Crippen molar-refractivity contribution in [3.8, 4) is 5.75 Å². The standard InChI is InChI=1S/C24H44NO2.C4H11O4P/c1-4-5-6-7-8-9-10-11-12-13-17-20-25(2,3)21-23(26)22-27-24-18-15-14-16-19-24;1-3-7-9(5,6)8-4-2/h14-16,18-19,23,26H,4-13,17,20-22H2,1-3H3;3-4H2,1-2H3,(H,5,6)/q+1;/p-1. The molecule has 0 amide bonds. The first-order valence-electron chi connectivity index (χ1n) is 13.9. The van der Waals surface area contributed by atoms with E-state index in [0.29, 0.717) is 6.61 Å². The number of likely N-dealkylation sites (N-methyl/N-ethyl adjacent to an activating group) is 1. The van der Waals surface area contributed by atoms with Crippen LogP contribution in [0.15, 0.2) is 30.3 Å². The second-order valence-electron chi connectivity index (χ2n) is 9.94. The highest BCUT2D eigenvalue weighted by molar-refractivity contribution is 7.45. The zero-order chi connectivity index (χ0) is 27.1. The van der Waals surface area contributed by atoms with E-state index in [4.69, 9.17) is 4.74 Å². The Labute approximate surface area is 221 Å². The monoisotopic (exact) mass is 531 g/mol. The molecule has 0 aliphatic rings. The second-order valence-corrected chi connectivity index (χ2v) is 11.3. The number of ether oxygens (including phenoxy) is 1. The lowest BCUT2D eigenvalue weighted by Gasteiger charge is -2.31. The van der Waals surface area contributed by atoms with Crippen LogP contribution in [0.3, 0.4) is 0 Å². The smallest absolute Gasteiger partial charge is 0.267 e. The van der Waals surface area contributed by atoms with E-state index in [-0.39, 0.29) is 13.2 Å². The molecule has 1 aromatic carbocycles. The highest BCUT2D eigenvalue weighted by Gasteiger charge is 2.20. The Kier molecular flexibility index (Phi) is 21.5. The van der Waals surface area contributed by atoms with E-state index in [1.165, 1.54) is 70.6 Å². The Bertz CT molecular complexity index is 649. The Morgan fingerprint density at radius 2 is 1.31 bits per heavy atom.